The number of halogens is 2. The molecule has 2 unspecified atom stereocenters. The van der Waals surface area contributed by atoms with Crippen molar-refractivity contribution in [1.82, 2.24) is 0 Å². The Labute approximate surface area is 111 Å². The molecule has 1 aromatic carbocycles. The minimum absolute atomic E-state index is 0.0942. The number of alkyl halides is 1. The van der Waals surface area contributed by atoms with Crippen LogP contribution in [0.2, 0.25) is 0 Å². The van der Waals surface area contributed by atoms with Gasteiger partial charge in [0.1, 0.15) is 5.82 Å². The predicted octanol–water partition coefficient (Wildman–Crippen LogP) is 4.20. The van der Waals surface area contributed by atoms with Gasteiger partial charge in [0.2, 0.25) is 0 Å². The Morgan fingerprint density at radius 2 is 1.94 bits per heavy atom. The van der Waals surface area contributed by atoms with E-state index in [1.54, 1.807) is 12.1 Å². The molecule has 1 nitrogen and oxygen atoms in total. The van der Waals surface area contributed by atoms with Crippen molar-refractivity contribution in [1.29, 1.82) is 0 Å². The van der Waals surface area contributed by atoms with E-state index in [1.807, 2.05) is 6.07 Å². The van der Waals surface area contributed by atoms with Gasteiger partial charge in [0.15, 0.2) is 0 Å². The number of piperidine rings is 1. The molecule has 0 N–H and O–H groups in total. The summed E-state index contributed by atoms with van der Waals surface area (Å²) < 4.78 is 14.0. The molecule has 2 atom stereocenters. The molecule has 17 heavy (non-hydrogen) atoms. The fourth-order valence-electron chi connectivity index (χ4n) is 2.87. The Hall–Kier alpha value is -0.570. The van der Waals surface area contributed by atoms with E-state index in [4.69, 9.17) is 0 Å². The van der Waals surface area contributed by atoms with E-state index in [9.17, 15) is 4.39 Å². The Bertz CT molecular complexity index is 384. The third-order valence-electron chi connectivity index (χ3n) is 3.40. The van der Waals surface area contributed by atoms with Crippen LogP contribution in [0.5, 0.6) is 0 Å². The molecule has 2 rings (SSSR count). The van der Waals surface area contributed by atoms with Crippen LogP contribution in [0.1, 0.15) is 25.8 Å². The van der Waals surface area contributed by atoms with Crippen molar-refractivity contribution in [2.45, 2.75) is 25.6 Å². The van der Waals surface area contributed by atoms with Gasteiger partial charge in [-0.1, -0.05) is 41.9 Å². The first-order valence-electron chi connectivity index (χ1n) is 6.20. The van der Waals surface area contributed by atoms with Gasteiger partial charge in [0, 0.05) is 18.4 Å². The summed E-state index contributed by atoms with van der Waals surface area (Å²) >= 11 is 3.45. The summed E-state index contributed by atoms with van der Waals surface area (Å²) in [5.41, 5.74) is 1.84. The highest BCUT2D eigenvalue weighted by molar-refractivity contribution is 9.08. The Kier molecular flexibility index (Phi) is 4.08. The molecule has 1 heterocycles. The first-order valence-corrected chi connectivity index (χ1v) is 7.32. The van der Waals surface area contributed by atoms with Crippen LogP contribution in [-0.4, -0.2) is 13.1 Å². The summed E-state index contributed by atoms with van der Waals surface area (Å²) in [4.78, 5) is 2.21. The topological polar surface area (TPSA) is 3.24 Å². The molecule has 1 aliphatic heterocycles. The molecular formula is C14H19BrFN. The van der Waals surface area contributed by atoms with Crippen LogP contribution >= 0.6 is 15.9 Å². The molecule has 0 aromatic heterocycles. The lowest BCUT2D eigenvalue weighted by atomic mass is 9.91. The fraction of sp³-hybridized carbons (Fsp3) is 0.571. The molecule has 0 radical (unpaired) electrons. The van der Waals surface area contributed by atoms with Gasteiger partial charge in [0.05, 0.1) is 5.69 Å². The largest absolute Gasteiger partial charge is 0.368 e. The standard InChI is InChI=1S/C14H19BrFN/c1-10-6-11(2)9-17(8-10)14-12(7-15)4-3-5-13(14)16/h3-5,10-11H,6-9H2,1-2H3. The quantitative estimate of drug-likeness (QED) is 0.740. The molecule has 0 spiro atoms. The zero-order valence-electron chi connectivity index (χ0n) is 10.4. The Morgan fingerprint density at radius 3 is 2.53 bits per heavy atom. The SMILES string of the molecule is CC1CC(C)CN(c2c(F)cccc2CBr)C1. The van der Waals surface area contributed by atoms with Crippen molar-refractivity contribution >= 4 is 21.6 Å². The Balaban J connectivity index is 2.32. The molecule has 94 valence electrons. The number of hydrogen-bond acceptors (Lipinski definition) is 1. The summed E-state index contributed by atoms with van der Waals surface area (Å²) in [5.74, 6) is 1.19. The molecule has 0 aliphatic carbocycles. The van der Waals surface area contributed by atoms with Crippen LogP contribution < -0.4 is 4.90 Å². The monoisotopic (exact) mass is 299 g/mol. The first kappa shape index (κ1) is 12.9. The average molecular weight is 300 g/mol. The van der Waals surface area contributed by atoms with Gasteiger partial charge in [-0.2, -0.15) is 0 Å². The highest BCUT2D eigenvalue weighted by atomic mass is 79.9. The number of nitrogens with zero attached hydrogens (tertiary/aromatic N) is 1. The number of hydrogen-bond donors (Lipinski definition) is 0. The second kappa shape index (κ2) is 5.38. The van der Waals surface area contributed by atoms with E-state index in [2.05, 4.69) is 34.7 Å². The molecule has 1 aromatic rings. The third kappa shape index (κ3) is 2.82. The number of anilines is 1. The third-order valence-corrected chi connectivity index (χ3v) is 4.00. The molecular weight excluding hydrogens is 281 g/mol. The summed E-state index contributed by atoms with van der Waals surface area (Å²) in [6.07, 6.45) is 1.24. The maximum atomic E-state index is 14.0. The highest BCUT2D eigenvalue weighted by Gasteiger charge is 2.25. The van der Waals surface area contributed by atoms with Gasteiger partial charge in [-0.3, -0.25) is 0 Å². The highest BCUT2D eigenvalue weighted by Crippen LogP contribution is 2.31. The second-order valence-corrected chi connectivity index (χ2v) is 5.79. The van der Waals surface area contributed by atoms with Crippen molar-refractivity contribution in [2.24, 2.45) is 11.8 Å². The first-order chi connectivity index (χ1) is 8.11. The van der Waals surface area contributed by atoms with Gasteiger partial charge in [-0.05, 0) is 29.9 Å². The van der Waals surface area contributed by atoms with Crippen LogP contribution in [0.15, 0.2) is 18.2 Å². The van der Waals surface area contributed by atoms with Crippen LogP contribution in [0.25, 0.3) is 0 Å². The van der Waals surface area contributed by atoms with E-state index in [0.29, 0.717) is 17.2 Å². The van der Waals surface area contributed by atoms with Gasteiger partial charge >= 0.3 is 0 Å². The van der Waals surface area contributed by atoms with Crippen LogP contribution in [0, 0.1) is 17.7 Å². The summed E-state index contributed by atoms with van der Waals surface area (Å²) in [7, 11) is 0. The maximum Gasteiger partial charge on any atom is 0.146 e. The van der Waals surface area contributed by atoms with E-state index in [0.717, 1.165) is 24.3 Å². The van der Waals surface area contributed by atoms with E-state index < -0.39 is 0 Å². The van der Waals surface area contributed by atoms with Gasteiger partial charge in [-0.25, -0.2) is 4.39 Å². The van der Waals surface area contributed by atoms with Gasteiger partial charge in [-0.15, -0.1) is 0 Å². The molecule has 3 heteroatoms. The smallest absolute Gasteiger partial charge is 0.146 e. The number of para-hydroxylation sites is 1. The summed E-state index contributed by atoms with van der Waals surface area (Å²) in [6, 6.07) is 5.34. The molecule has 1 saturated heterocycles. The van der Waals surface area contributed by atoms with Crippen molar-refractivity contribution < 1.29 is 4.39 Å². The van der Waals surface area contributed by atoms with E-state index >= 15 is 0 Å². The van der Waals surface area contributed by atoms with Crippen LogP contribution in [-0.2, 0) is 5.33 Å². The number of rotatable bonds is 2. The van der Waals surface area contributed by atoms with E-state index in [-0.39, 0.29) is 5.82 Å². The van der Waals surface area contributed by atoms with Crippen molar-refractivity contribution in [2.75, 3.05) is 18.0 Å². The lowest BCUT2D eigenvalue weighted by Crippen LogP contribution is -2.39. The van der Waals surface area contributed by atoms with Gasteiger partial charge < -0.3 is 4.90 Å². The van der Waals surface area contributed by atoms with Crippen LogP contribution in [0.3, 0.4) is 0 Å². The van der Waals surface area contributed by atoms with E-state index in [1.165, 1.54) is 6.42 Å². The van der Waals surface area contributed by atoms with Crippen molar-refractivity contribution in [3.63, 3.8) is 0 Å². The lowest BCUT2D eigenvalue weighted by Gasteiger charge is -2.37. The number of benzene rings is 1. The normalized spacial score (nSPS) is 25.1. The minimum atomic E-state index is -0.0942. The fourth-order valence-corrected chi connectivity index (χ4v) is 3.32. The van der Waals surface area contributed by atoms with Crippen LogP contribution in [0.4, 0.5) is 10.1 Å². The van der Waals surface area contributed by atoms with Crippen molar-refractivity contribution in [3.8, 4) is 0 Å². The van der Waals surface area contributed by atoms with Gasteiger partial charge in [0.25, 0.3) is 0 Å². The average Bonchev–Trinajstić information content (AvgIpc) is 2.27. The van der Waals surface area contributed by atoms with Crippen molar-refractivity contribution in [3.05, 3.63) is 29.6 Å². The molecule has 0 bridgehead atoms. The molecule has 0 saturated carbocycles. The lowest BCUT2D eigenvalue weighted by molar-refractivity contribution is 0.354. The molecule has 1 aliphatic rings. The zero-order valence-corrected chi connectivity index (χ0v) is 12.0. The summed E-state index contributed by atoms with van der Waals surface area (Å²) in [6.45, 7) is 6.42. The zero-order chi connectivity index (χ0) is 12.4. The maximum absolute atomic E-state index is 14.0. The second-order valence-electron chi connectivity index (χ2n) is 5.23. The molecule has 1 fully saturated rings. The molecule has 0 amide bonds. The predicted molar refractivity (Wildman–Crippen MR) is 74.2 cm³/mol. The summed E-state index contributed by atoms with van der Waals surface area (Å²) in [5, 5.41) is 0.708. The minimum Gasteiger partial charge on any atom is -0.368 e. The Morgan fingerprint density at radius 1 is 1.29 bits per heavy atom.